The van der Waals surface area contributed by atoms with Crippen LogP contribution in [0.15, 0.2) is 10.2 Å². The van der Waals surface area contributed by atoms with Gasteiger partial charge in [-0.15, -0.1) is 0 Å². The molecule has 0 saturated heterocycles. The van der Waals surface area contributed by atoms with Gasteiger partial charge < -0.3 is 25.5 Å². The maximum Gasteiger partial charge on any atom is 0.266 e. The van der Waals surface area contributed by atoms with Gasteiger partial charge in [0.2, 0.25) is 5.28 Å². The van der Waals surface area contributed by atoms with E-state index in [9.17, 15) is 0 Å². The average molecular weight is 456 g/mol. The zero-order valence-electron chi connectivity index (χ0n) is 16.6. The number of thioether (sulfide) groups is 1. The third-order valence-electron chi connectivity index (χ3n) is 4.39. The molecule has 4 N–H and O–H groups in total. The van der Waals surface area contributed by atoms with E-state index in [-0.39, 0.29) is 0 Å². The fraction of sp³-hybridized carbons (Fsp3) is 0.556. The average Bonchev–Trinajstić information content (AvgIpc) is 3.41. The number of aromatic amines is 1. The number of hydrogen-bond acceptors (Lipinski definition) is 8. The smallest absolute Gasteiger partial charge is 0.266 e. The van der Waals surface area contributed by atoms with Crippen LogP contribution < -0.4 is 16.0 Å². The molecule has 0 unspecified atom stereocenters. The van der Waals surface area contributed by atoms with Gasteiger partial charge in [-0.05, 0) is 37.8 Å². The number of unbranched alkanes of at least 4 members (excludes halogenated alkanes) is 2. The van der Waals surface area contributed by atoms with Crippen LogP contribution in [0.25, 0.3) is 4.91 Å². The van der Waals surface area contributed by atoms with Crippen LogP contribution in [0.4, 0.5) is 5.82 Å². The van der Waals surface area contributed by atoms with Gasteiger partial charge in [0, 0.05) is 25.2 Å². The summed E-state index contributed by atoms with van der Waals surface area (Å²) in [6, 6.07) is 0. The van der Waals surface area contributed by atoms with Crippen LogP contribution in [0.2, 0.25) is 5.28 Å². The first kappa shape index (κ1) is 21.9. The highest BCUT2D eigenvalue weighted by Crippen LogP contribution is 2.32. The normalized spacial score (nSPS) is 13.6. The van der Waals surface area contributed by atoms with Crippen LogP contribution in [-0.4, -0.2) is 44.1 Å². The van der Waals surface area contributed by atoms with E-state index in [0.29, 0.717) is 22.0 Å². The summed E-state index contributed by atoms with van der Waals surface area (Å²) in [7, 11) is 0. The minimum atomic E-state index is 0.331. The van der Waals surface area contributed by atoms with Crippen molar-refractivity contribution in [3.63, 3.8) is 0 Å². The number of halogens is 1. The summed E-state index contributed by atoms with van der Waals surface area (Å²) in [4.78, 5) is 13.4. The highest BCUT2D eigenvalue weighted by atomic mass is 35.5. The van der Waals surface area contributed by atoms with Crippen LogP contribution in [-0.2, 0) is 6.42 Å². The van der Waals surface area contributed by atoms with Gasteiger partial charge >= 0.3 is 0 Å². The molecular formula is C18H26ClN7OS2. The summed E-state index contributed by atoms with van der Waals surface area (Å²) in [5.41, 5.74) is 1.82. The number of rotatable bonds is 11. The van der Waals surface area contributed by atoms with E-state index in [1.165, 1.54) is 0 Å². The Kier molecular flexibility index (Phi) is 8.19. The third kappa shape index (κ3) is 6.10. The molecular weight excluding hydrogens is 430 g/mol. The van der Waals surface area contributed by atoms with E-state index in [2.05, 4.69) is 43.0 Å². The van der Waals surface area contributed by atoms with Gasteiger partial charge in [-0.2, -0.15) is 4.98 Å². The van der Waals surface area contributed by atoms with E-state index < -0.39 is 0 Å². The Hall–Kier alpha value is -1.78. The highest BCUT2D eigenvalue weighted by Gasteiger charge is 2.19. The number of nitrogens with zero attached hydrogens (tertiary/aromatic N) is 3. The number of thiocarbonyl (C=S) groups is 1. The number of H-pyrrole nitrogens is 1. The topological polar surface area (TPSA) is 104 Å². The predicted molar refractivity (Wildman–Crippen MR) is 122 cm³/mol. The molecule has 3 heterocycles. The van der Waals surface area contributed by atoms with Crippen molar-refractivity contribution in [3.8, 4) is 0 Å². The van der Waals surface area contributed by atoms with Gasteiger partial charge in [-0.1, -0.05) is 42.5 Å². The Balaban J connectivity index is 1.40. The molecule has 0 spiro atoms. The third-order valence-corrected chi connectivity index (χ3v) is 5.98. The molecule has 0 saturated carbocycles. The number of allylic oxidation sites excluding steroid dienone is 1. The quantitative estimate of drug-likeness (QED) is 0.296. The van der Waals surface area contributed by atoms with Crippen molar-refractivity contribution < 1.29 is 4.52 Å². The lowest BCUT2D eigenvalue weighted by Crippen LogP contribution is -2.25. The Morgan fingerprint density at radius 1 is 1.28 bits per heavy atom. The van der Waals surface area contributed by atoms with Crippen molar-refractivity contribution in [2.24, 2.45) is 0 Å². The summed E-state index contributed by atoms with van der Waals surface area (Å²) < 4.78 is 5.38. The number of nitrogens with one attached hydrogen (secondary N) is 4. The van der Waals surface area contributed by atoms with Gasteiger partial charge in [0.05, 0.1) is 10.8 Å². The Morgan fingerprint density at radius 3 is 2.90 bits per heavy atom. The monoisotopic (exact) mass is 455 g/mol. The summed E-state index contributed by atoms with van der Waals surface area (Å²) in [5, 5.41) is 14.2. The van der Waals surface area contributed by atoms with E-state index in [0.717, 1.165) is 73.2 Å². The van der Waals surface area contributed by atoms with Crippen molar-refractivity contribution >= 4 is 51.3 Å². The molecule has 0 amide bonds. The van der Waals surface area contributed by atoms with Crippen LogP contribution in [0, 0.1) is 0 Å². The lowest BCUT2D eigenvalue weighted by molar-refractivity contribution is 0.401. The molecule has 0 bridgehead atoms. The second-order valence-electron chi connectivity index (χ2n) is 6.68. The van der Waals surface area contributed by atoms with Crippen LogP contribution in [0.1, 0.15) is 56.9 Å². The molecule has 0 aliphatic carbocycles. The number of imidazole rings is 1. The largest absolute Gasteiger partial charge is 0.378 e. The van der Waals surface area contributed by atoms with Crippen molar-refractivity contribution in [2.45, 2.75) is 46.0 Å². The van der Waals surface area contributed by atoms with E-state index in [1.54, 1.807) is 11.8 Å². The first-order valence-electron chi connectivity index (χ1n) is 9.76. The Labute approximate surface area is 185 Å². The van der Waals surface area contributed by atoms with E-state index in [4.69, 9.17) is 28.3 Å². The minimum Gasteiger partial charge on any atom is -0.378 e. The molecule has 0 fully saturated rings. The zero-order chi connectivity index (χ0) is 20.6. The first-order valence-corrected chi connectivity index (χ1v) is 11.5. The number of anilines is 1. The zero-order valence-corrected chi connectivity index (χ0v) is 19.0. The molecule has 158 valence electrons. The van der Waals surface area contributed by atoms with Crippen LogP contribution >= 0.6 is 35.6 Å². The molecule has 0 radical (unpaired) electrons. The standard InChI is InChI=1S/C18H26ClN7OS2/c1-3-4-8-20-15-13(24-18(19)25-15)17(28)21-9-6-5-7-12-23-16(27-26-12)14-11(2)22-10-29-14/h20,22H,3-10H2,1-2H3,(H,21,28)(H,24,25). The maximum atomic E-state index is 6.01. The molecule has 1 aliphatic heterocycles. The minimum absolute atomic E-state index is 0.331. The highest BCUT2D eigenvalue weighted by molar-refractivity contribution is 8.08. The summed E-state index contributed by atoms with van der Waals surface area (Å²) >= 11 is 13.2. The van der Waals surface area contributed by atoms with Gasteiger partial charge in [0.25, 0.3) is 5.89 Å². The van der Waals surface area contributed by atoms with Crippen molar-refractivity contribution in [2.75, 3.05) is 24.3 Å². The summed E-state index contributed by atoms with van der Waals surface area (Å²) in [6.07, 6.45) is 4.81. The van der Waals surface area contributed by atoms with Gasteiger partial charge in [-0.3, -0.25) is 0 Å². The molecule has 2 aromatic rings. The van der Waals surface area contributed by atoms with E-state index in [1.807, 2.05) is 6.92 Å². The molecule has 29 heavy (non-hydrogen) atoms. The van der Waals surface area contributed by atoms with Crippen LogP contribution in [0.5, 0.6) is 0 Å². The van der Waals surface area contributed by atoms with Gasteiger partial charge in [-0.25, -0.2) is 4.98 Å². The molecule has 3 rings (SSSR count). The molecule has 1 aliphatic rings. The second kappa shape index (κ2) is 10.8. The number of aryl methyl sites for hydroxylation is 1. The Bertz CT molecular complexity index is 864. The van der Waals surface area contributed by atoms with Gasteiger partial charge in [0.15, 0.2) is 11.6 Å². The SMILES string of the molecule is CCCCNc1nc(Cl)[nH]c1C(=S)NCCCCc1noc(C2=C(C)NCS2)n1. The Morgan fingerprint density at radius 2 is 2.14 bits per heavy atom. The van der Waals surface area contributed by atoms with Crippen molar-refractivity contribution in [1.29, 1.82) is 0 Å². The fourth-order valence-corrected chi connectivity index (χ4v) is 4.15. The summed E-state index contributed by atoms with van der Waals surface area (Å²) in [6.45, 7) is 5.75. The molecule has 0 atom stereocenters. The van der Waals surface area contributed by atoms with Gasteiger partial charge in [0.1, 0.15) is 10.7 Å². The lowest BCUT2D eigenvalue weighted by Gasteiger charge is -2.09. The number of hydrogen-bond donors (Lipinski definition) is 4. The molecule has 0 aromatic carbocycles. The fourth-order valence-electron chi connectivity index (χ4n) is 2.79. The number of aromatic nitrogens is 4. The molecule has 8 nitrogen and oxygen atoms in total. The van der Waals surface area contributed by atoms with Crippen molar-refractivity contribution in [3.05, 3.63) is 28.4 Å². The van der Waals surface area contributed by atoms with Crippen molar-refractivity contribution in [1.82, 2.24) is 30.7 Å². The predicted octanol–water partition coefficient (Wildman–Crippen LogP) is 3.93. The summed E-state index contributed by atoms with van der Waals surface area (Å²) in [5.74, 6) is 2.88. The molecule has 11 heteroatoms. The maximum absolute atomic E-state index is 6.01. The second-order valence-corrected chi connectivity index (χ2v) is 8.43. The lowest BCUT2D eigenvalue weighted by atomic mass is 10.2. The van der Waals surface area contributed by atoms with Crippen LogP contribution in [0.3, 0.4) is 0 Å². The first-order chi connectivity index (χ1) is 14.1. The van der Waals surface area contributed by atoms with E-state index >= 15 is 0 Å². The molecule has 2 aromatic heterocycles.